The number of carbonyl (C=O) groups excluding carboxylic acids is 1. The highest BCUT2D eigenvalue weighted by atomic mass is 16.5. The fourth-order valence-electron chi connectivity index (χ4n) is 1.95. The van der Waals surface area contributed by atoms with E-state index in [1.54, 1.807) is 0 Å². The summed E-state index contributed by atoms with van der Waals surface area (Å²) in [6.45, 7) is 6.27. The van der Waals surface area contributed by atoms with E-state index < -0.39 is 0 Å². The second kappa shape index (κ2) is 6.36. The molecular weight excluding hydrogens is 216 g/mol. The van der Waals surface area contributed by atoms with Gasteiger partial charge in [0.15, 0.2) is 0 Å². The lowest BCUT2D eigenvalue weighted by molar-refractivity contribution is -0.130. The van der Waals surface area contributed by atoms with Gasteiger partial charge < -0.3 is 15.8 Å². The average molecular weight is 242 g/mol. The summed E-state index contributed by atoms with van der Waals surface area (Å²) in [7, 11) is 0. The Morgan fingerprint density at radius 1 is 1.35 bits per heavy atom. The number of hydrogen-bond acceptors (Lipinski definition) is 3. The van der Waals surface area contributed by atoms with Gasteiger partial charge in [-0.2, -0.15) is 0 Å². The maximum Gasteiger partial charge on any atom is 0.246 e. The summed E-state index contributed by atoms with van der Waals surface area (Å²) in [4.78, 5) is 11.7. The van der Waals surface area contributed by atoms with Crippen LogP contribution in [0, 0.1) is 0 Å². The van der Waals surface area contributed by atoms with Crippen LogP contribution in [0.25, 0.3) is 0 Å². The molecule has 4 nitrogen and oxygen atoms in total. The molecule has 0 bridgehead atoms. The monoisotopic (exact) mass is 242 g/mol. The lowest BCUT2D eigenvalue weighted by Crippen LogP contribution is -2.45. The van der Waals surface area contributed by atoms with Crippen molar-refractivity contribution in [3.05, 3.63) is 0 Å². The summed E-state index contributed by atoms with van der Waals surface area (Å²) in [5.41, 5.74) is 5.68. The number of rotatable bonds is 5. The first kappa shape index (κ1) is 14.5. The summed E-state index contributed by atoms with van der Waals surface area (Å²) >= 11 is 0. The first-order chi connectivity index (χ1) is 7.93. The van der Waals surface area contributed by atoms with Crippen molar-refractivity contribution < 1.29 is 9.53 Å². The Morgan fingerprint density at radius 3 is 2.47 bits per heavy atom. The van der Waals surface area contributed by atoms with Gasteiger partial charge in [0.2, 0.25) is 5.91 Å². The lowest BCUT2D eigenvalue weighted by Gasteiger charge is -2.28. The van der Waals surface area contributed by atoms with Gasteiger partial charge in [0.1, 0.15) is 6.61 Å². The van der Waals surface area contributed by atoms with Gasteiger partial charge in [0, 0.05) is 11.6 Å². The molecule has 1 saturated carbocycles. The third kappa shape index (κ3) is 5.50. The van der Waals surface area contributed by atoms with Crippen LogP contribution in [0.15, 0.2) is 0 Å². The van der Waals surface area contributed by atoms with E-state index in [0.29, 0.717) is 6.04 Å². The van der Waals surface area contributed by atoms with Gasteiger partial charge in [0.25, 0.3) is 0 Å². The highest BCUT2D eigenvalue weighted by Gasteiger charge is 2.21. The molecule has 0 aromatic rings. The van der Waals surface area contributed by atoms with Crippen LogP contribution >= 0.6 is 0 Å². The van der Waals surface area contributed by atoms with Gasteiger partial charge in [0.05, 0.1) is 6.10 Å². The molecule has 4 heteroatoms. The van der Waals surface area contributed by atoms with E-state index in [-0.39, 0.29) is 24.2 Å². The average Bonchev–Trinajstić information content (AvgIpc) is 2.28. The van der Waals surface area contributed by atoms with Crippen LogP contribution in [-0.2, 0) is 9.53 Å². The molecule has 0 aromatic heterocycles. The minimum Gasteiger partial charge on any atom is -0.368 e. The first-order valence-corrected chi connectivity index (χ1v) is 6.61. The van der Waals surface area contributed by atoms with Gasteiger partial charge in [-0.25, -0.2) is 0 Å². The van der Waals surface area contributed by atoms with Crippen LogP contribution in [0.2, 0.25) is 0 Å². The minimum absolute atomic E-state index is 0.0216. The molecule has 1 rings (SSSR count). The molecule has 1 aliphatic carbocycles. The second-order valence-electron chi connectivity index (χ2n) is 5.63. The SMILES string of the molecule is CCC(C)(C)NC(=O)COC1CCC(N)CC1. The van der Waals surface area contributed by atoms with Crippen LogP contribution in [0.1, 0.15) is 52.9 Å². The molecule has 0 aromatic carbocycles. The smallest absolute Gasteiger partial charge is 0.246 e. The molecule has 0 atom stereocenters. The summed E-state index contributed by atoms with van der Waals surface area (Å²) in [6, 6.07) is 0.322. The van der Waals surface area contributed by atoms with E-state index in [1.807, 2.05) is 13.8 Å². The molecule has 0 saturated heterocycles. The van der Waals surface area contributed by atoms with Gasteiger partial charge in [-0.1, -0.05) is 6.92 Å². The normalized spacial score (nSPS) is 25.6. The van der Waals surface area contributed by atoms with Crippen LogP contribution in [0.3, 0.4) is 0 Å². The third-order valence-electron chi connectivity index (χ3n) is 3.53. The quantitative estimate of drug-likeness (QED) is 0.769. The van der Waals surface area contributed by atoms with Crippen molar-refractivity contribution in [2.24, 2.45) is 5.73 Å². The molecular formula is C13H26N2O2. The molecule has 0 spiro atoms. The van der Waals surface area contributed by atoms with E-state index in [9.17, 15) is 4.79 Å². The van der Waals surface area contributed by atoms with Crippen LogP contribution < -0.4 is 11.1 Å². The first-order valence-electron chi connectivity index (χ1n) is 6.61. The number of hydrogen-bond donors (Lipinski definition) is 2. The maximum atomic E-state index is 11.7. The molecule has 1 aliphatic rings. The van der Waals surface area contributed by atoms with Gasteiger partial charge in [-0.15, -0.1) is 0 Å². The van der Waals surface area contributed by atoms with Gasteiger partial charge in [-0.05, 0) is 46.0 Å². The Hall–Kier alpha value is -0.610. The van der Waals surface area contributed by atoms with Crippen molar-refractivity contribution in [3.8, 4) is 0 Å². The van der Waals surface area contributed by atoms with Gasteiger partial charge >= 0.3 is 0 Å². The Kier molecular flexibility index (Phi) is 5.40. The predicted molar refractivity (Wildman–Crippen MR) is 68.7 cm³/mol. The molecule has 0 unspecified atom stereocenters. The van der Waals surface area contributed by atoms with Crippen molar-refractivity contribution in [1.29, 1.82) is 0 Å². The van der Waals surface area contributed by atoms with E-state index in [2.05, 4.69) is 12.2 Å². The molecule has 0 aliphatic heterocycles. The number of nitrogens with one attached hydrogen (secondary N) is 1. The van der Waals surface area contributed by atoms with E-state index in [0.717, 1.165) is 32.1 Å². The summed E-state index contributed by atoms with van der Waals surface area (Å²) < 4.78 is 5.62. The third-order valence-corrected chi connectivity index (χ3v) is 3.53. The van der Waals surface area contributed by atoms with Crippen molar-refractivity contribution in [3.63, 3.8) is 0 Å². The zero-order valence-electron chi connectivity index (χ0n) is 11.3. The fraction of sp³-hybridized carbons (Fsp3) is 0.923. The highest BCUT2D eigenvalue weighted by molar-refractivity contribution is 5.77. The Labute approximate surface area is 104 Å². The Morgan fingerprint density at radius 2 is 1.94 bits per heavy atom. The minimum atomic E-state index is -0.143. The largest absolute Gasteiger partial charge is 0.368 e. The van der Waals surface area contributed by atoms with E-state index >= 15 is 0 Å². The highest BCUT2D eigenvalue weighted by Crippen LogP contribution is 2.19. The van der Waals surface area contributed by atoms with Crippen LogP contribution in [0.4, 0.5) is 0 Å². The maximum absolute atomic E-state index is 11.7. The molecule has 0 radical (unpaired) electrons. The fourth-order valence-corrected chi connectivity index (χ4v) is 1.95. The Bertz CT molecular complexity index is 246. The number of ether oxygens (including phenoxy) is 1. The van der Waals surface area contributed by atoms with E-state index in [4.69, 9.17) is 10.5 Å². The number of amides is 1. The van der Waals surface area contributed by atoms with Crippen molar-refractivity contribution in [2.45, 2.75) is 70.6 Å². The summed E-state index contributed by atoms with van der Waals surface area (Å²) in [5, 5.41) is 2.97. The molecule has 3 N–H and O–H groups in total. The van der Waals surface area contributed by atoms with Crippen molar-refractivity contribution in [2.75, 3.05) is 6.61 Å². The summed E-state index contributed by atoms with van der Waals surface area (Å²) in [5.74, 6) is -0.0216. The van der Waals surface area contributed by atoms with Crippen molar-refractivity contribution in [1.82, 2.24) is 5.32 Å². The standard InChI is InChI=1S/C13H26N2O2/c1-4-13(2,3)15-12(16)9-17-11-7-5-10(14)6-8-11/h10-11H,4-9,14H2,1-3H3,(H,15,16). The zero-order chi connectivity index (χ0) is 12.9. The zero-order valence-corrected chi connectivity index (χ0v) is 11.3. The topological polar surface area (TPSA) is 64.3 Å². The predicted octanol–water partition coefficient (Wildman–Crippen LogP) is 1.58. The van der Waals surface area contributed by atoms with Crippen LogP contribution in [0.5, 0.6) is 0 Å². The van der Waals surface area contributed by atoms with Crippen LogP contribution in [-0.4, -0.2) is 30.2 Å². The molecule has 1 fully saturated rings. The molecule has 0 heterocycles. The molecule has 17 heavy (non-hydrogen) atoms. The molecule has 100 valence electrons. The summed E-state index contributed by atoms with van der Waals surface area (Å²) in [6.07, 6.45) is 5.10. The number of carbonyl (C=O) groups is 1. The number of nitrogens with two attached hydrogens (primary N) is 1. The second-order valence-corrected chi connectivity index (χ2v) is 5.63. The Balaban J connectivity index is 2.20. The van der Waals surface area contributed by atoms with E-state index in [1.165, 1.54) is 0 Å². The van der Waals surface area contributed by atoms with Gasteiger partial charge in [-0.3, -0.25) is 4.79 Å². The molecule has 1 amide bonds. The lowest BCUT2D eigenvalue weighted by atomic mass is 9.94. The van der Waals surface area contributed by atoms with Crippen molar-refractivity contribution >= 4 is 5.91 Å².